The number of aliphatic hydroxyl groups excluding tert-OH is 1. The first-order chi connectivity index (χ1) is 20.6. The van der Waals surface area contributed by atoms with Crippen LogP contribution in [0.4, 0.5) is 11.8 Å². The Balaban J connectivity index is 0.000000197. The number of nitrogens with two attached hydrogens (primary N) is 1. The molecule has 2 aliphatic rings. The minimum atomic E-state index is -4.83. The second-order valence-corrected chi connectivity index (χ2v) is 11.9. The number of nitrogens with zero attached hydrogens (tertiary/aromatic N) is 4. The molecular formula is C28H40N7O7P. The summed E-state index contributed by atoms with van der Waals surface area (Å²) in [6.45, 7) is 3.92. The van der Waals surface area contributed by atoms with Gasteiger partial charge in [0.15, 0.2) is 17.0 Å². The van der Waals surface area contributed by atoms with Gasteiger partial charge in [-0.2, -0.15) is 15.4 Å². The number of carbonyl (C=O) groups excluding carboxylic acids is 1. The fraction of sp³-hybridized carbons (Fsp3) is 0.500. The van der Waals surface area contributed by atoms with Gasteiger partial charge in [0.2, 0.25) is 5.95 Å². The summed E-state index contributed by atoms with van der Waals surface area (Å²) in [6, 6.07) is 7.58. The quantitative estimate of drug-likeness (QED) is 0.0927. The Morgan fingerprint density at radius 3 is 2.53 bits per heavy atom. The van der Waals surface area contributed by atoms with Crippen molar-refractivity contribution in [1.82, 2.24) is 25.0 Å². The van der Waals surface area contributed by atoms with Crippen LogP contribution >= 0.6 is 7.82 Å². The van der Waals surface area contributed by atoms with E-state index in [1.54, 1.807) is 6.33 Å². The number of aliphatic hydroxyl groups is 1. The maximum Gasteiger partial charge on any atom is 0.527 e. The first-order valence-corrected chi connectivity index (χ1v) is 15.9. The molecule has 43 heavy (non-hydrogen) atoms. The number of imidazole rings is 1. The van der Waals surface area contributed by atoms with Crippen LogP contribution in [0, 0.1) is 5.92 Å². The molecule has 2 heterocycles. The zero-order chi connectivity index (χ0) is 31.0. The van der Waals surface area contributed by atoms with E-state index in [4.69, 9.17) is 20.4 Å². The van der Waals surface area contributed by atoms with Gasteiger partial charge in [0.25, 0.3) is 0 Å². The predicted octanol–water partition coefficient (Wildman–Crippen LogP) is 3.17. The summed E-state index contributed by atoms with van der Waals surface area (Å²) in [6.07, 6.45) is 12.4. The Bertz CT molecular complexity index is 1440. The van der Waals surface area contributed by atoms with Crippen molar-refractivity contribution in [3.05, 3.63) is 53.9 Å². The molecule has 5 rings (SSSR count). The highest BCUT2D eigenvalue weighted by Gasteiger charge is 2.27. The number of fused-ring (bicyclic) bond motifs is 1. The van der Waals surface area contributed by atoms with Crippen molar-refractivity contribution in [3.63, 3.8) is 0 Å². The number of phosphoric ester groups is 1. The molecule has 0 amide bonds. The van der Waals surface area contributed by atoms with E-state index in [0.717, 1.165) is 61.1 Å². The van der Waals surface area contributed by atoms with Crippen LogP contribution in [0.1, 0.15) is 63.1 Å². The van der Waals surface area contributed by atoms with Crippen LogP contribution in [-0.2, 0) is 31.7 Å². The molecule has 3 aromatic rings. The molecule has 0 unspecified atom stereocenters. The average molecular weight is 618 g/mol. The molecule has 0 bridgehead atoms. The Morgan fingerprint density at radius 1 is 1.19 bits per heavy atom. The van der Waals surface area contributed by atoms with Crippen LogP contribution in [0.15, 0.2) is 42.7 Å². The summed E-state index contributed by atoms with van der Waals surface area (Å²) in [7, 11) is -4.83. The molecule has 2 aliphatic carbocycles. The molecular weight excluding hydrogens is 577 g/mol. The van der Waals surface area contributed by atoms with Crippen molar-refractivity contribution in [3.8, 4) is 0 Å². The molecule has 0 spiro atoms. The molecule has 14 nitrogen and oxygen atoms in total. The monoisotopic (exact) mass is 617 g/mol. The third-order valence-corrected chi connectivity index (χ3v) is 7.42. The van der Waals surface area contributed by atoms with E-state index in [-0.39, 0.29) is 31.1 Å². The second kappa shape index (κ2) is 14.9. The van der Waals surface area contributed by atoms with Gasteiger partial charge in [0, 0.05) is 18.6 Å². The number of nitrogen functional groups attached to an aromatic ring is 1. The highest BCUT2D eigenvalue weighted by molar-refractivity contribution is 7.46. The number of hydroxylamine groups is 1. The number of hydrogen-bond acceptors (Lipinski definition) is 11. The minimum absolute atomic E-state index is 0.162. The smallest absolute Gasteiger partial charge is 0.396 e. The molecule has 3 atom stereocenters. The number of phosphoric acid groups is 1. The van der Waals surface area contributed by atoms with Crippen molar-refractivity contribution in [2.45, 2.75) is 77.1 Å². The largest absolute Gasteiger partial charge is 0.527 e. The molecule has 2 aromatic heterocycles. The van der Waals surface area contributed by atoms with Crippen LogP contribution < -0.4 is 16.5 Å². The van der Waals surface area contributed by atoms with Crippen LogP contribution in [0.2, 0.25) is 0 Å². The number of anilines is 2. The highest BCUT2D eigenvalue weighted by Crippen LogP contribution is 2.36. The highest BCUT2D eigenvalue weighted by atomic mass is 31.2. The normalized spacial score (nSPS) is 18.7. The summed E-state index contributed by atoms with van der Waals surface area (Å²) in [4.78, 5) is 46.6. The molecule has 1 aromatic carbocycles. The third kappa shape index (κ3) is 9.82. The van der Waals surface area contributed by atoms with Gasteiger partial charge in [-0.05, 0) is 50.2 Å². The van der Waals surface area contributed by atoms with E-state index in [1.165, 1.54) is 12.5 Å². The Labute approximate surface area is 249 Å². The molecule has 0 saturated heterocycles. The van der Waals surface area contributed by atoms with E-state index in [9.17, 15) is 14.5 Å². The first kappa shape index (κ1) is 32.5. The number of aromatic nitrogens is 4. The van der Waals surface area contributed by atoms with Crippen molar-refractivity contribution < 1.29 is 33.6 Å². The molecule has 0 aliphatic heterocycles. The molecule has 7 N–H and O–H groups in total. The van der Waals surface area contributed by atoms with Crippen LogP contribution in [-0.4, -0.2) is 59.1 Å². The molecule has 1 fully saturated rings. The lowest BCUT2D eigenvalue weighted by Gasteiger charge is -2.13. The Hall–Kier alpha value is -3.39. The van der Waals surface area contributed by atoms with Crippen LogP contribution in [0.5, 0.6) is 0 Å². The van der Waals surface area contributed by atoms with Crippen molar-refractivity contribution in [2.24, 2.45) is 5.92 Å². The summed E-state index contributed by atoms with van der Waals surface area (Å²) >= 11 is 0. The SMILES string of the molecule is CCCCc1ccc(CON[C@@H](C)C(=O)OP(=O)(O)O)cc1.Nc1nc(NC2CC2)c2ncn([C@H]3C=C[C@@H](CO)C3)c2n1. The molecule has 15 heteroatoms. The van der Waals surface area contributed by atoms with Crippen LogP contribution in [0.3, 0.4) is 0 Å². The predicted molar refractivity (Wildman–Crippen MR) is 160 cm³/mol. The average Bonchev–Trinajstić information content (AvgIpc) is 3.47. The summed E-state index contributed by atoms with van der Waals surface area (Å²) in [5, 5.41) is 12.6. The number of benzene rings is 1. The summed E-state index contributed by atoms with van der Waals surface area (Å²) < 4.78 is 16.5. The third-order valence-electron chi connectivity index (χ3n) is 7.00. The fourth-order valence-corrected chi connectivity index (χ4v) is 4.86. The first-order valence-electron chi connectivity index (χ1n) is 14.4. The van der Waals surface area contributed by atoms with Gasteiger partial charge in [-0.25, -0.2) is 14.3 Å². The lowest BCUT2D eigenvalue weighted by molar-refractivity contribution is -0.142. The zero-order valence-electron chi connectivity index (χ0n) is 24.3. The van der Waals surface area contributed by atoms with Crippen molar-refractivity contribution >= 4 is 36.7 Å². The lowest BCUT2D eigenvalue weighted by atomic mass is 10.1. The van der Waals surface area contributed by atoms with E-state index in [1.807, 2.05) is 34.9 Å². The van der Waals surface area contributed by atoms with Crippen molar-refractivity contribution in [2.75, 3.05) is 17.7 Å². The lowest BCUT2D eigenvalue weighted by Crippen LogP contribution is -2.34. The van der Waals surface area contributed by atoms with Gasteiger partial charge in [-0.3, -0.25) is 14.6 Å². The van der Waals surface area contributed by atoms with Gasteiger partial charge in [0.05, 0.1) is 19.0 Å². The number of carbonyl (C=O) groups is 1. The van der Waals surface area contributed by atoms with Gasteiger partial charge < -0.3 is 25.2 Å². The van der Waals surface area contributed by atoms with Crippen LogP contribution in [0.25, 0.3) is 11.2 Å². The topological polar surface area (TPSA) is 207 Å². The summed E-state index contributed by atoms with van der Waals surface area (Å²) in [5.41, 5.74) is 11.9. The Kier molecular flexibility index (Phi) is 11.2. The maximum atomic E-state index is 11.3. The van der Waals surface area contributed by atoms with E-state index >= 15 is 0 Å². The summed E-state index contributed by atoms with van der Waals surface area (Å²) in [5.74, 6) is 0.103. The molecule has 1 saturated carbocycles. The van der Waals surface area contributed by atoms with Gasteiger partial charge in [-0.15, -0.1) is 0 Å². The van der Waals surface area contributed by atoms with Gasteiger partial charge in [0.1, 0.15) is 6.04 Å². The number of unbranched alkanes of at least 4 members (excludes halogenated alkanes) is 1. The Morgan fingerprint density at radius 2 is 1.91 bits per heavy atom. The zero-order valence-corrected chi connectivity index (χ0v) is 25.2. The number of nitrogens with one attached hydrogen (secondary N) is 2. The minimum Gasteiger partial charge on any atom is -0.396 e. The molecule has 0 radical (unpaired) electrons. The second-order valence-electron chi connectivity index (χ2n) is 10.8. The standard InChI is InChI=1S/C14H18N6O.C14H22NO6P/c15-14-18-12(17-9-2-3-9)11-13(19-14)20(7-16-11)10-4-1-8(5-10)6-21;1-3-4-5-12-6-8-13(9-7-12)10-20-15-11(2)14(16)21-22(17,18)19/h1,4,7-10,21H,2-3,5-6H2,(H3,15,17,18,19);6-9,11,15H,3-5,10H2,1-2H3,(H2,17,18,19)/t8-,10+;11-/m10/s1. The van der Waals surface area contributed by atoms with Gasteiger partial charge in [-0.1, -0.05) is 49.8 Å². The number of aryl methyl sites for hydroxylation is 1. The van der Waals surface area contributed by atoms with E-state index in [0.29, 0.717) is 6.04 Å². The van der Waals surface area contributed by atoms with Crippen molar-refractivity contribution in [1.29, 1.82) is 0 Å². The molecule has 234 valence electrons. The maximum absolute atomic E-state index is 11.3. The fourth-order valence-electron chi connectivity index (χ4n) is 4.47. The van der Waals surface area contributed by atoms with E-state index in [2.05, 4.69) is 43.3 Å². The van der Waals surface area contributed by atoms with E-state index < -0.39 is 19.8 Å². The number of rotatable bonds is 13. The number of hydrogen-bond donors (Lipinski definition) is 6. The van der Waals surface area contributed by atoms with Gasteiger partial charge >= 0.3 is 13.8 Å². The number of allylic oxidation sites excluding steroid dienone is 1.